The highest BCUT2D eigenvalue weighted by molar-refractivity contribution is 5.95. The van der Waals surface area contributed by atoms with E-state index in [-0.39, 0.29) is 19.1 Å². The Hall–Kier alpha value is -1.79. The fourth-order valence-electron chi connectivity index (χ4n) is 1.59. The third-order valence-corrected chi connectivity index (χ3v) is 2.50. The van der Waals surface area contributed by atoms with Crippen LogP contribution in [0.4, 0.5) is 5.69 Å². The third-order valence-electron chi connectivity index (χ3n) is 2.50. The van der Waals surface area contributed by atoms with Crippen molar-refractivity contribution in [2.24, 2.45) is 0 Å². The molecule has 0 spiro atoms. The van der Waals surface area contributed by atoms with E-state index in [2.05, 4.69) is 5.32 Å². The minimum Gasteiger partial charge on any atom is -0.492 e. The third kappa shape index (κ3) is 4.42. The molecule has 1 aromatic rings. The number of anilines is 1. The zero-order chi connectivity index (χ0) is 14.3. The highest BCUT2D eigenvalue weighted by Crippen LogP contribution is 2.22. The van der Waals surface area contributed by atoms with Crippen molar-refractivity contribution < 1.29 is 19.4 Å². The second-order valence-electron chi connectivity index (χ2n) is 3.99. The molecular formula is C13H20N2O4. The van der Waals surface area contributed by atoms with E-state index in [1.54, 1.807) is 18.2 Å². The maximum atomic E-state index is 11.9. The molecule has 1 unspecified atom stereocenters. The first-order valence-corrected chi connectivity index (χ1v) is 6.05. The Bertz CT molecular complexity index is 423. The molecule has 6 heteroatoms. The number of ether oxygens (including phenoxy) is 2. The van der Waals surface area contributed by atoms with E-state index in [1.165, 1.54) is 7.11 Å². The van der Waals surface area contributed by atoms with Crippen molar-refractivity contribution >= 4 is 11.6 Å². The number of amides is 1. The van der Waals surface area contributed by atoms with E-state index >= 15 is 0 Å². The summed E-state index contributed by atoms with van der Waals surface area (Å²) in [5, 5.41) is 11.7. The first-order valence-electron chi connectivity index (χ1n) is 6.05. The van der Waals surface area contributed by atoms with E-state index < -0.39 is 6.04 Å². The van der Waals surface area contributed by atoms with Gasteiger partial charge in [0, 0.05) is 12.7 Å². The molecule has 0 radical (unpaired) electrons. The molecule has 6 nitrogen and oxygen atoms in total. The number of benzene rings is 1. The van der Waals surface area contributed by atoms with Gasteiger partial charge in [-0.25, -0.2) is 0 Å². The lowest BCUT2D eigenvalue weighted by atomic mass is 10.1. The number of rotatable bonds is 7. The first kappa shape index (κ1) is 15.3. The zero-order valence-electron chi connectivity index (χ0n) is 11.2. The average Bonchev–Trinajstić information content (AvgIpc) is 2.40. The molecule has 1 atom stereocenters. The van der Waals surface area contributed by atoms with E-state index in [0.717, 1.165) is 0 Å². The Labute approximate surface area is 112 Å². The van der Waals surface area contributed by atoms with Crippen molar-refractivity contribution in [3.63, 3.8) is 0 Å². The Morgan fingerprint density at radius 1 is 1.53 bits per heavy atom. The maximum Gasteiger partial charge on any atom is 0.251 e. The lowest BCUT2D eigenvalue weighted by Crippen LogP contribution is -2.40. The monoisotopic (exact) mass is 268 g/mol. The number of aliphatic hydroxyl groups is 1. The minimum atomic E-state index is -0.440. The summed E-state index contributed by atoms with van der Waals surface area (Å²) < 4.78 is 10.2. The van der Waals surface area contributed by atoms with Gasteiger partial charge in [0.15, 0.2) is 0 Å². The number of hydrogen-bond acceptors (Lipinski definition) is 5. The summed E-state index contributed by atoms with van der Waals surface area (Å²) in [4.78, 5) is 11.9. The highest BCUT2D eigenvalue weighted by Gasteiger charge is 2.14. The van der Waals surface area contributed by atoms with Crippen LogP contribution in [0.5, 0.6) is 5.75 Å². The summed E-state index contributed by atoms with van der Waals surface area (Å²) in [7, 11) is 1.50. The number of carbonyl (C=O) groups excluding carboxylic acids is 1. The van der Waals surface area contributed by atoms with Crippen LogP contribution < -0.4 is 15.8 Å². The number of aliphatic hydroxyl groups excluding tert-OH is 1. The molecule has 0 bridgehead atoms. The number of nitrogens with one attached hydrogen (secondary N) is 1. The van der Waals surface area contributed by atoms with Crippen LogP contribution in [-0.2, 0) is 4.74 Å². The predicted molar refractivity (Wildman–Crippen MR) is 72.2 cm³/mol. The Morgan fingerprint density at radius 3 is 2.79 bits per heavy atom. The molecule has 106 valence electrons. The molecule has 0 aliphatic carbocycles. The van der Waals surface area contributed by atoms with Gasteiger partial charge in [-0.1, -0.05) is 0 Å². The summed E-state index contributed by atoms with van der Waals surface area (Å²) >= 11 is 0. The number of nitrogens with two attached hydrogens (primary N) is 1. The predicted octanol–water partition coefficient (Wildman–Crippen LogP) is 0.405. The molecule has 19 heavy (non-hydrogen) atoms. The number of nitrogen functional groups attached to an aromatic ring is 1. The van der Waals surface area contributed by atoms with E-state index in [0.29, 0.717) is 23.6 Å². The second kappa shape index (κ2) is 7.60. The van der Waals surface area contributed by atoms with Crippen LogP contribution in [0.1, 0.15) is 17.3 Å². The van der Waals surface area contributed by atoms with Crippen LogP contribution in [0.3, 0.4) is 0 Å². The summed E-state index contributed by atoms with van der Waals surface area (Å²) in [6.45, 7) is 2.42. The van der Waals surface area contributed by atoms with E-state index in [4.69, 9.17) is 20.3 Å². The number of carbonyl (C=O) groups is 1. The summed E-state index contributed by atoms with van der Waals surface area (Å²) in [5.41, 5.74) is 6.61. The standard InChI is InChI=1S/C13H20N2O4/c1-3-19-12-5-4-9(6-11(12)14)13(17)15-10(7-16)8-18-2/h4-6,10,16H,3,7-8,14H2,1-2H3,(H,15,17). The number of hydrogen-bond donors (Lipinski definition) is 3. The zero-order valence-corrected chi connectivity index (χ0v) is 11.2. The highest BCUT2D eigenvalue weighted by atomic mass is 16.5. The van der Waals surface area contributed by atoms with Gasteiger partial charge in [0.05, 0.1) is 31.5 Å². The van der Waals surface area contributed by atoms with E-state index in [1.807, 2.05) is 6.92 Å². The van der Waals surface area contributed by atoms with Crippen molar-refractivity contribution in [3.05, 3.63) is 23.8 Å². The van der Waals surface area contributed by atoms with Crippen LogP contribution in [0.25, 0.3) is 0 Å². The summed E-state index contributed by atoms with van der Waals surface area (Å²) in [5.74, 6) is 0.237. The van der Waals surface area contributed by atoms with Crippen LogP contribution >= 0.6 is 0 Å². The van der Waals surface area contributed by atoms with E-state index in [9.17, 15) is 4.79 Å². The maximum absolute atomic E-state index is 11.9. The van der Waals surface area contributed by atoms with Gasteiger partial charge in [0.25, 0.3) is 5.91 Å². The molecular weight excluding hydrogens is 248 g/mol. The minimum absolute atomic E-state index is 0.188. The molecule has 0 saturated heterocycles. The van der Waals surface area contributed by atoms with Crippen LogP contribution in [0, 0.1) is 0 Å². The molecule has 0 aliphatic heterocycles. The van der Waals surface area contributed by atoms with Gasteiger partial charge < -0.3 is 25.6 Å². The topological polar surface area (TPSA) is 93.8 Å². The molecule has 0 aliphatic rings. The average molecular weight is 268 g/mol. The molecule has 0 aromatic heterocycles. The van der Waals surface area contributed by atoms with Gasteiger partial charge in [-0.2, -0.15) is 0 Å². The molecule has 0 heterocycles. The van der Waals surface area contributed by atoms with Crippen molar-refractivity contribution in [2.75, 3.05) is 32.7 Å². The van der Waals surface area contributed by atoms with Gasteiger partial charge in [-0.3, -0.25) is 4.79 Å². The smallest absolute Gasteiger partial charge is 0.251 e. The number of methoxy groups -OCH3 is 1. The van der Waals surface area contributed by atoms with Crippen LogP contribution in [0.2, 0.25) is 0 Å². The second-order valence-corrected chi connectivity index (χ2v) is 3.99. The quantitative estimate of drug-likeness (QED) is 0.622. The van der Waals surface area contributed by atoms with Crippen molar-refractivity contribution in [3.8, 4) is 5.75 Å². The van der Waals surface area contributed by atoms with Gasteiger partial charge in [0.2, 0.25) is 0 Å². The van der Waals surface area contributed by atoms with Gasteiger partial charge >= 0.3 is 0 Å². The SMILES string of the molecule is CCOc1ccc(C(=O)NC(CO)COC)cc1N. The van der Waals surface area contributed by atoms with Gasteiger partial charge in [0.1, 0.15) is 5.75 Å². The van der Waals surface area contributed by atoms with Crippen molar-refractivity contribution in [1.29, 1.82) is 0 Å². The summed E-state index contributed by atoms with van der Waals surface area (Å²) in [6, 6.07) is 4.38. The first-order chi connectivity index (χ1) is 9.12. The van der Waals surface area contributed by atoms with Crippen molar-refractivity contribution in [2.45, 2.75) is 13.0 Å². The molecule has 0 saturated carbocycles. The van der Waals surface area contributed by atoms with Crippen LogP contribution in [0.15, 0.2) is 18.2 Å². The lowest BCUT2D eigenvalue weighted by molar-refractivity contribution is 0.0839. The largest absolute Gasteiger partial charge is 0.492 e. The molecule has 4 N–H and O–H groups in total. The fourth-order valence-corrected chi connectivity index (χ4v) is 1.59. The van der Waals surface area contributed by atoms with Gasteiger partial charge in [-0.15, -0.1) is 0 Å². The Kier molecular flexibility index (Phi) is 6.11. The summed E-state index contributed by atoms with van der Waals surface area (Å²) in [6.07, 6.45) is 0. The lowest BCUT2D eigenvalue weighted by Gasteiger charge is -2.15. The fraction of sp³-hybridized carbons (Fsp3) is 0.462. The van der Waals surface area contributed by atoms with Crippen molar-refractivity contribution in [1.82, 2.24) is 5.32 Å². The van der Waals surface area contributed by atoms with Gasteiger partial charge in [-0.05, 0) is 25.1 Å². The Morgan fingerprint density at radius 2 is 2.26 bits per heavy atom. The Balaban J connectivity index is 2.74. The molecule has 0 fully saturated rings. The normalized spacial score (nSPS) is 11.9. The molecule has 1 amide bonds. The molecule has 1 rings (SSSR count). The molecule has 1 aromatic carbocycles. The van der Waals surface area contributed by atoms with Crippen LogP contribution in [-0.4, -0.2) is 44.0 Å².